The van der Waals surface area contributed by atoms with E-state index < -0.39 is 16.8 Å². The van der Waals surface area contributed by atoms with E-state index in [9.17, 15) is 9.90 Å². The van der Waals surface area contributed by atoms with Gasteiger partial charge < -0.3 is 24.4 Å². The van der Waals surface area contributed by atoms with Crippen LogP contribution in [0.3, 0.4) is 0 Å². The molecule has 194 valence electrons. The summed E-state index contributed by atoms with van der Waals surface area (Å²) in [4.78, 5) is 13.7. The molecule has 0 saturated carbocycles. The standard InChI is InChI=1S/C28H40O6S/c1-22-10-9-13-24(18-22)28(25(30)34-26(2,3)4,20-32-19-23-11-7-6-8-12-23)14-16-33-27(5,31)21-35-17-15-29/h6-13,18,29,31H,14-17,19-21H2,1-5H3. The second-order valence-electron chi connectivity index (χ2n) is 9.98. The van der Waals surface area contributed by atoms with E-state index in [4.69, 9.17) is 19.3 Å². The molecule has 6 nitrogen and oxygen atoms in total. The molecule has 0 aliphatic heterocycles. The number of carbonyl (C=O) groups is 1. The van der Waals surface area contributed by atoms with Crippen molar-refractivity contribution in [3.63, 3.8) is 0 Å². The maximum atomic E-state index is 13.7. The molecule has 0 saturated heterocycles. The van der Waals surface area contributed by atoms with Gasteiger partial charge in [-0.1, -0.05) is 60.2 Å². The lowest BCUT2D eigenvalue weighted by molar-refractivity contribution is -0.183. The van der Waals surface area contributed by atoms with Crippen molar-refractivity contribution in [2.75, 3.05) is 31.3 Å². The van der Waals surface area contributed by atoms with E-state index in [0.29, 0.717) is 18.1 Å². The zero-order valence-electron chi connectivity index (χ0n) is 21.6. The largest absolute Gasteiger partial charge is 0.459 e. The Labute approximate surface area is 214 Å². The van der Waals surface area contributed by atoms with Gasteiger partial charge in [-0.15, -0.1) is 0 Å². The molecule has 0 bridgehead atoms. The number of thioether (sulfide) groups is 1. The summed E-state index contributed by atoms with van der Waals surface area (Å²) in [6, 6.07) is 17.6. The first kappa shape index (κ1) is 29.3. The first-order valence-electron chi connectivity index (χ1n) is 11.9. The third-order valence-electron chi connectivity index (χ3n) is 5.37. The number of aryl methyl sites for hydroxylation is 1. The van der Waals surface area contributed by atoms with Gasteiger partial charge in [0.1, 0.15) is 11.0 Å². The van der Waals surface area contributed by atoms with Crippen LogP contribution in [0.2, 0.25) is 0 Å². The fourth-order valence-corrected chi connectivity index (χ4v) is 4.36. The SMILES string of the molecule is Cc1cccc(C(CCOC(C)(O)CSCCO)(COCc2ccccc2)C(=O)OC(C)(C)C)c1. The van der Waals surface area contributed by atoms with Crippen molar-refractivity contribution < 1.29 is 29.2 Å². The van der Waals surface area contributed by atoms with Crippen LogP contribution in [0.5, 0.6) is 0 Å². The van der Waals surface area contributed by atoms with Crippen LogP contribution in [0.15, 0.2) is 54.6 Å². The number of hydrogen-bond donors (Lipinski definition) is 2. The molecule has 7 heteroatoms. The number of hydrogen-bond acceptors (Lipinski definition) is 7. The van der Waals surface area contributed by atoms with Crippen LogP contribution >= 0.6 is 11.8 Å². The molecule has 0 spiro atoms. The van der Waals surface area contributed by atoms with Gasteiger partial charge in [-0.05, 0) is 52.2 Å². The number of carbonyl (C=O) groups excluding carboxylic acids is 1. The highest BCUT2D eigenvalue weighted by Crippen LogP contribution is 2.34. The summed E-state index contributed by atoms with van der Waals surface area (Å²) < 4.78 is 17.8. The van der Waals surface area contributed by atoms with Gasteiger partial charge in [-0.2, -0.15) is 11.8 Å². The molecule has 2 N–H and O–H groups in total. The predicted molar refractivity (Wildman–Crippen MR) is 140 cm³/mol. The van der Waals surface area contributed by atoms with Crippen molar-refractivity contribution >= 4 is 17.7 Å². The number of benzene rings is 2. The van der Waals surface area contributed by atoms with Gasteiger partial charge >= 0.3 is 5.97 Å². The number of rotatable bonds is 14. The van der Waals surface area contributed by atoms with E-state index in [1.165, 1.54) is 11.8 Å². The molecule has 0 amide bonds. The smallest absolute Gasteiger partial charge is 0.319 e. The Morgan fingerprint density at radius 3 is 2.37 bits per heavy atom. The quantitative estimate of drug-likeness (QED) is 0.220. The van der Waals surface area contributed by atoms with Crippen molar-refractivity contribution in [2.45, 2.75) is 64.4 Å². The zero-order chi connectivity index (χ0) is 26.0. The van der Waals surface area contributed by atoms with Crippen molar-refractivity contribution in [1.82, 2.24) is 0 Å². The Morgan fingerprint density at radius 2 is 1.74 bits per heavy atom. The third kappa shape index (κ3) is 9.94. The van der Waals surface area contributed by atoms with E-state index in [1.54, 1.807) is 6.92 Å². The normalized spacial score (nSPS) is 15.3. The van der Waals surface area contributed by atoms with Crippen LogP contribution in [0.1, 0.15) is 50.8 Å². The van der Waals surface area contributed by atoms with E-state index in [-0.39, 0.29) is 32.2 Å². The summed E-state index contributed by atoms with van der Waals surface area (Å²) in [5, 5.41) is 19.6. The Bertz CT molecular complexity index is 909. The molecule has 35 heavy (non-hydrogen) atoms. The van der Waals surface area contributed by atoms with E-state index in [0.717, 1.165) is 16.7 Å². The van der Waals surface area contributed by atoms with Crippen molar-refractivity contribution in [1.29, 1.82) is 0 Å². The van der Waals surface area contributed by atoms with E-state index >= 15 is 0 Å². The van der Waals surface area contributed by atoms with Crippen LogP contribution in [-0.2, 0) is 31.0 Å². The minimum Gasteiger partial charge on any atom is -0.459 e. The van der Waals surface area contributed by atoms with Gasteiger partial charge in [-0.3, -0.25) is 4.79 Å². The molecule has 0 aromatic heterocycles. The first-order valence-corrected chi connectivity index (χ1v) is 13.1. The van der Waals surface area contributed by atoms with Crippen molar-refractivity contribution in [3.8, 4) is 0 Å². The molecular formula is C28H40O6S. The first-order chi connectivity index (χ1) is 16.5. The van der Waals surface area contributed by atoms with Gasteiger partial charge in [0.05, 0.1) is 26.4 Å². The topological polar surface area (TPSA) is 85.2 Å². The minimum atomic E-state index is -1.39. The number of ether oxygens (including phenoxy) is 3. The zero-order valence-corrected chi connectivity index (χ0v) is 22.4. The minimum absolute atomic E-state index is 0.0363. The summed E-state index contributed by atoms with van der Waals surface area (Å²) in [7, 11) is 0. The number of aliphatic hydroxyl groups excluding tert-OH is 1. The Hall–Kier alpha value is -1.90. The number of aliphatic hydroxyl groups is 2. The average Bonchev–Trinajstić information content (AvgIpc) is 2.77. The highest BCUT2D eigenvalue weighted by atomic mass is 32.2. The molecule has 0 aliphatic rings. The molecule has 0 fully saturated rings. The van der Waals surface area contributed by atoms with Crippen molar-refractivity contribution in [2.24, 2.45) is 0 Å². The highest BCUT2D eigenvalue weighted by Gasteiger charge is 2.44. The fraction of sp³-hybridized carbons (Fsp3) is 0.536. The number of esters is 1. The maximum Gasteiger partial charge on any atom is 0.319 e. The highest BCUT2D eigenvalue weighted by molar-refractivity contribution is 7.99. The monoisotopic (exact) mass is 504 g/mol. The predicted octanol–water partition coefficient (Wildman–Crippen LogP) is 4.63. The van der Waals surface area contributed by atoms with Gasteiger partial charge in [0.25, 0.3) is 0 Å². The van der Waals surface area contributed by atoms with Gasteiger partial charge in [-0.25, -0.2) is 0 Å². The van der Waals surface area contributed by atoms with Gasteiger partial charge in [0.2, 0.25) is 0 Å². The molecule has 2 atom stereocenters. The molecule has 2 aromatic carbocycles. The van der Waals surface area contributed by atoms with Crippen LogP contribution in [0, 0.1) is 6.92 Å². The Kier molecular flexibility index (Phi) is 11.2. The maximum absolute atomic E-state index is 13.7. The molecule has 0 heterocycles. The summed E-state index contributed by atoms with van der Waals surface area (Å²) in [5.74, 6) is -0.960. The second kappa shape index (κ2) is 13.4. The van der Waals surface area contributed by atoms with Gasteiger partial charge in [0, 0.05) is 11.5 Å². The van der Waals surface area contributed by atoms with E-state index in [1.807, 2.05) is 82.3 Å². The summed E-state index contributed by atoms with van der Waals surface area (Å²) in [6.07, 6.45) is 0.265. The van der Waals surface area contributed by atoms with Crippen LogP contribution in [0.25, 0.3) is 0 Å². The summed E-state index contributed by atoms with van der Waals surface area (Å²) in [5.41, 5.74) is 1.01. The Balaban J connectivity index is 2.32. The molecule has 2 aromatic rings. The summed E-state index contributed by atoms with van der Waals surface area (Å²) in [6.45, 7) is 9.71. The third-order valence-corrected chi connectivity index (χ3v) is 6.58. The van der Waals surface area contributed by atoms with Gasteiger partial charge in [0.15, 0.2) is 5.79 Å². The van der Waals surface area contributed by atoms with Crippen molar-refractivity contribution in [3.05, 3.63) is 71.3 Å². The van der Waals surface area contributed by atoms with Crippen LogP contribution in [-0.4, -0.2) is 58.9 Å². The van der Waals surface area contributed by atoms with Crippen LogP contribution in [0.4, 0.5) is 0 Å². The molecule has 0 aliphatic carbocycles. The molecular weight excluding hydrogens is 464 g/mol. The summed E-state index contributed by atoms with van der Waals surface area (Å²) >= 11 is 1.40. The molecule has 0 radical (unpaired) electrons. The lowest BCUT2D eigenvalue weighted by Gasteiger charge is -2.36. The fourth-order valence-electron chi connectivity index (χ4n) is 3.63. The lowest BCUT2D eigenvalue weighted by Crippen LogP contribution is -2.46. The lowest BCUT2D eigenvalue weighted by atomic mass is 9.77. The second-order valence-corrected chi connectivity index (χ2v) is 11.1. The molecule has 2 rings (SSSR count). The van der Waals surface area contributed by atoms with E-state index in [2.05, 4.69) is 0 Å². The average molecular weight is 505 g/mol. The van der Waals surface area contributed by atoms with Crippen LogP contribution < -0.4 is 0 Å². The Morgan fingerprint density at radius 1 is 1.03 bits per heavy atom. The molecule has 2 unspecified atom stereocenters.